The molecule has 4 rings (SSSR count). The van der Waals surface area contributed by atoms with Gasteiger partial charge in [0, 0.05) is 19.3 Å². The average Bonchev–Trinajstić information content (AvgIpc) is 2.45. The molecule has 1 unspecified atom stereocenters. The summed E-state index contributed by atoms with van der Waals surface area (Å²) in [5.74, 6) is 1.12. The zero-order chi connectivity index (χ0) is 12.8. The largest absolute Gasteiger partial charge is 0.380 e. The highest BCUT2D eigenvalue weighted by atomic mass is 15.3. The number of fused-ring (bicyclic) bond motifs is 4. The molecule has 3 heterocycles. The molecule has 0 saturated heterocycles. The number of anilines is 2. The number of aryl methyl sites for hydroxylation is 1. The fourth-order valence-electron chi connectivity index (χ4n) is 3.22. The van der Waals surface area contributed by atoms with Crippen molar-refractivity contribution in [1.29, 1.82) is 0 Å². The van der Waals surface area contributed by atoms with E-state index in [1.807, 2.05) is 6.20 Å². The van der Waals surface area contributed by atoms with Crippen molar-refractivity contribution in [3.63, 3.8) is 0 Å². The van der Waals surface area contributed by atoms with Crippen LogP contribution >= 0.6 is 0 Å². The summed E-state index contributed by atoms with van der Waals surface area (Å²) in [6.45, 7) is 4.13. The molecule has 96 valence electrons. The monoisotopic (exact) mass is 251 g/mol. The Morgan fingerprint density at radius 2 is 2.05 bits per heavy atom. The molecule has 2 aliphatic rings. The molecule has 2 aromatic rings. The molecule has 1 atom stereocenters. The van der Waals surface area contributed by atoms with Crippen LogP contribution in [0.4, 0.5) is 11.5 Å². The lowest BCUT2D eigenvalue weighted by Crippen LogP contribution is -2.48. The molecule has 0 spiro atoms. The van der Waals surface area contributed by atoms with Crippen LogP contribution in [-0.2, 0) is 13.0 Å². The van der Waals surface area contributed by atoms with E-state index in [1.54, 1.807) is 0 Å². The Balaban J connectivity index is 1.80. The third-order valence-electron chi connectivity index (χ3n) is 4.28. The minimum Gasteiger partial charge on any atom is -0.380 e. The molecule has 2 aliphatic heterocycles. The van der Waals surface area contributed by atoms with E-state index in [0.717, 1.165) is 25.3 Å². The molecule has 0 amide bonds. The highest BCUT2D eigenvalue weighted by Crippen LogP contribution is 2.36. The van der Waals surface area contributed by atoms with Gasteiger partial charge in [-0.3, -0.25) is 0 Å². The lowest BCUT2D eigenvalue weighted by molar-refractivity contribution is 0.555. The first-order chi connectivity index (χ1) is 9.33. The van der Waals surface area contributed by atoms with Crippen molar-refractivity contribution >= 4 is 11.5 Å². The molecule has 1 N–H and O–H groups in total. The van der Waals surface area contributed by atoms with Crippen molar-refractivity contribution in [3.8, 4) is 0 Å². The lowest BCUT2D eigenvalue weighted by Gasteiger charge is -2.42. The SMILES string of the molecule is Cc1ccnc2c1NCC1Cc3ccccc3CN21. The molecule has 0 bridgehead atoms. The van der Waals surface area contributed by atoms with Crippen molar-refractivity contribution in [2.75, 3.05) is 16.8 Å². The Labute approximate surface area is 113 Å². The second-order valence-corrected chi connectivity index (χ2v) is 5.46. The van der Waals surface area contributed by atoms with Crippen LogP contribution in [0.3, 0.4) is 0 Å². The van der Waals surface area contributed by atoms with Gasteiger partial charge in [-0.1, -0.05) is 24.3 Å². The minimum atomic E-state index is 0.525. The van der Waals surface area contributed by atoms with Crippen LogP contribution in [0.1, 0.15) is 16.7 Å². The van der Waals surface area contributed by atoms with Gasteiger partial charge >= 0.3 is 0 Å². The van der Waals surface area contributed by atoms with Crippen molar-refractivity contribution in [3.05, 3.63) is 53.2 Å². The van der Waals surface area contributed by atoms with Gasteiger partial charge in [-0.2, -0.15) is 0 Å². The zero-order valence-electron chi connectivity index (χ0n) is 11.1. The second kappa shape index (κ2) is 3.98. The molecule has 0 saturated carbocycles. The van der Waals surface area contributed by atoms with Crippen LogP contribution in [0.25, 0.3) is 0 Å². The number of benzene rings is 1. The molecule has 19 heavy (non-hydrogen) atoms. The highest BCUT2D eigenvalue weighted by molar-refractivity contribution is 5.72. The Bertz CT molecular complexity index is 636. The predicted molar refractivity (Wildman–Crippen MR) is 77.6 cm³/mol. The van der Waals surface area contributed by atoms with E-state index in [4.69, 9.17) is 0 Å². The fraction of sp³-hybridized carbons (Fsp3) is 0.312. The average molecular weight is 251 g/mol. The maximum Gasteiger partial charge on any atom is 0.152 e. The number of pyridine rings is 1. The van der Waals surface area contributed by atoms with Gasteiger partial charge in [-0.25, -0.2) is 4.98 Å². The highest BCUT2D eigenvalue weighted by Gasteiger charge is 2.32. The van der Waals surface area contributed by atoms with E-state index in [9.17, 15) is 0 Å². The zero-order valence-corrected chi connectivity index (χ0v) is 11.1. The molecule has 0 aliphatic carbocycles. The first-order valence-corrected chi connectivity index (χ1v) is 6.86. The van der Waals surface area contributed by atoms with Crippen LogP contribution in [0.2, 0.25) is 0 Å². The summed E-state index contributed by atoms with van der Waals surface area (Å²) in [5.41, 5.74) is 5.41. The van der Waals surface area contributed by atoms with Gasteiger partial charge in [0.1, 0.15) is 0 Å². The number of hydrogen-bond acceptors (Lipinski definition) is 3. The van der Waals surface area contributed by atoms with Crippen molar-refractivity contribution < 1.29 is 0 Å². The van der Waals surface area contributed by atoms with Gasteiger partial charge in [-0.15, -0.1) is 0 Å². The van der Waals surface area contributed by atoms with Crippen LogP contribution < -0.4 is 10.2 Å². The van der Waals surface area contributed by atoms with Crippen molar-refractivity contribution in [2.24, 2.45) is 0 Å². The van der Waals surface area contributed by atoms with Gasteiger partial charge in [0.2, 0.25) is 0 Å². The van der Waals surface area contributed by atoms with E-state index in [2.05, 4.69) is 52.5 Å². The molecule has 0 fully saturated rings. The number of hydrogen-bond donors (Lipinski definition) is 1. The normalized spacial score (nSPS) is 20.1. The maximum absolute atomic E-state index is 4.60. The fourth-order valence-corrected chi connectivity index (χ4v) is 3.22. The molecular formula is C16H17N3. The molecule has 0 radical (unpaired) electrons. The summed E-state index contributed by atoms with van der Waals surface area (Å²) in [4.78, 5) is 7.06. The van der Waals surface area contributed by atoms with Crippen LogP contribution in [0.5, 0.6) is 0 Å². The van der Waals surface area contributed by atoms with Crippen LogP contribution in [0, 0.1) is 6.92 Å². The van der Waals surface area contributed by atoms with Gasteiger partial charge in [0.05, 0.1) is 11.7 Å². The number of aromatic nitrogens is 1. The lowest BCUT2D eigenvalue weighted by atomic mass is 9.92. The third-order valence-corrected chi connectivity index (χ3v) is 4.28. The Hall–Kier alpha value is -2.03. The van der Waals surface area contributed by atoms with Gasteiger partial charge in [0.25, 0.3) is 0 Å². The quantitative estimate of drug-likeness (QED) is 0.780. The van der Waals surface area contributed by atoms with Gasteiger partial charge in [-0.05, 0) is 36.1 Å². The van der Waals surface area contributed by atoms with Crippen LogP contribution in [0.15, 0.2) is 36.5 Å². The topological polar surface area (TPSA) is 28.2 Å². The summed E-state index contributed by atoms with van der Waals surface area (Å²) in [5, 5.41) is 3.56. The Morgan fingerprint density at radius 1 is 1.21 bits per heavy atom. The summed E-state index contributed by atoms with van der Waals surface area (Å²) >= 11 is 0. The van der Waals surface area contributed by atoms with Gasteiger partial charge in [0.15, 0.2) is 5.82 Å². The summed E-state index contributed by atoms with van der Waals surface area (Å²) in [7, 11) is 0. The van der Waals surface area contributed by atoms with E-state index in [-0.39, 0.29) is 0 Å². The van der Waals surface area contributed by atoms with Crippen molar-refractivity contribution in [2.45, 2.75) is 25.9 Å². The first-order valence-electron chi connectivity index (χ1n) is 6.86. The second-order valence-electron chi connectivity index (χ2n) is 5.46. The smallest absolute Gasteiger partial charge is 0.152 e. The molecule has 1 aromatic carbocycles. The van der Waals surface area contributed by atoms with E-state index in [0.29, 0.717) is 6.04 Å². The predicted octanol–water partition coefficient (Wildman–Crippen LogP) is 2.75. The molecule has 1 aromatic heterocycles. The summed E-state index contributed by atoms with van der Waals surface area (Å²) in [6.07, 6.45) is 3.02. The number of nitrogens with one attached hydrogen (secondary N) is 1. The molecule has 3 nitrogen and oxygen atoms in total. The molecular weight excluding hydrogens is 234 g/mol. The third kappa shape index (κ3) is 1.61. The van der Waals surface area contributed by atoms with E-state index >= 15 is 0 Å². The van der Waals surface area contributed by atoms with Gasteiger partial charge < -0.3 is 10.2 Å². The number of rotatable bonds is 0. The first kappa shape index (κ1) is 10.9. The van der Waals surface area contributed by atoms with E-state index < -0.39 is 0 Å². The number of nitrogens with zero attached hydrogens (tertiary/aromatic N) is 2. The summed E-state index contributed by atoms with van der Waals surface area (Å²) < 4.78 is 0. The minimum absolute atomic E-state index is 0.525. The van der Waals surface area contributed by atoms with Crippen molar-refractivity contribution in [1.82, 2.24) is 4.98 Å². The standard InChI is InChI=1S/C16H17N3/c1-11-6-7-17-16-15(11)18-9-14-8-12-4-2-3-5-13(12)10-19(14)16/h2-7,14,18H,8-10H2,1H3. The van der Waals surface area contributed by atoms with Crippen LogP contribution in [-0.4, -0.2) is 17.6 Å². The maximum atomic E-state index is 4.60. The summed E-state index contributed by atoms with van der Waals surface area (Å²) in [6, 6.07) is 11.4. The Morgan fingerprint density at radius 3 is 2.95 bits per heavy atom. The Kier molecular flexibility index (Phi) is 2.28. The molecule has 3 heteroatoms. The van der Waals surface area contributed by atoms with E-state index in [1.165, 1.54) is 22.4 Å².